The van der Waals surface area contributed by atoms with Gasteiger partial charge < -0.3 is 19.1 Å². The molecule has 2 heterocycles. The van der Waals surface area contributed by atoms with E-state index in [9.17, 15) is 14.7 Å². The molecule has 0 saturated carbocycles. The van der Waals surface area contributed by atoms with Crippen molar-refractivity contribution in [2.24, 2.45) is 14.1 Å². The van der Waals surface area contributed by atoms with E-state index in [-0.39, 0.29) is 24.3 Å². The summed E-state index contributed by atoms with van der Waals surface area (Å²) in [6.45, 7) is 0.0953. The van der Waals surface area contributed by atoms with Gasteiger partial charge in [-0.15, -0.1) is 0 Å². The van der Waals surface area contributed by atoms with Crippen molar-refractivity contribution in [1.82, 2.24) is 18.7 Å². The third kappa shape index (κ3) is 4.87. The van der Waals surface area contributed by atoms with Crippen LogP contribution in [0.4, 0.5) is 0 Å². The molecule has 0 amide bonds. The fourth-order valence-corrected chi connectivity index (χ4v) is 4.52. The van der Waals surface area contributed by atoms with Crippen molar-refractivity contribution in [3.8, 4) is 11.5 Å². The largest absolute Gasteiger partial charge is 0.497 e. The number of aliphatic hydroxyl groups excluding tert-OH is 1. The highest BCUT2D eigenvalue weighted by atomic mass is 32.2. The van der Waals surface area contributed by atoms with E-state index in [2.05, 4.69) is 4.98 Å². The number of thioether (sulfide) groups is 1. The van der Waals surface area contributed by atoms with Gasteiger partial charge in [-0.1, -0.05) is 42.1 Å². The van der Waals surface area contributed by atoms with Crippen LogP contribution in [0.2, 0.25) is 0 Å². The van der Waals surface area contributed by atoms with Crippen molar-refractivity contribution < 1.29 is 14.6 Å². The van der Waals surface area contributed by atoms with Crippen LogP contribution >= 0.6 is 11.8 Å². The molecule has 0 aliphatic carbocycles. The van der Waals surface area contributed by atoms with Gasteiger partial charge in [0.1, 0.15) is 24.2 Å². The Morgan fingerprint density at radius 2 is 1.68 bits per heavy atom. The lowest BCUT2D eigenvalue weighted by Crippen LogP contribution is -2.38. The molecule has 0 aliphatic heterocycles. The molecule has 0 saturated heterocycles. The number of benzene rings is 2. The van der Waals surface area contributed by atoms with Crippen molar-refractivity contribution in [1.29, 1.82) is 0 Å². The molecule has 9 nitrogen and oxygen atoms in total. The Morgan fingerprint density at radius 1 is 1.00 bits per heavy atom. The summed E-state index contributed by atoms with van der Waals surface area (Å²) in [5, 5.41) is 11.3. The molecule has 34 heavy (non-hydrogen) atoms. The monoisotopic (exact) mass is 482 g/mol. The lowest BCUT2D eigenvalue weighted by Gasteiger charge is -2.15. The van der Waals surface area contributed by atoms with E-state index >= 15 is 0 Å². The number of ether oxygens (including phenoxy) is 2. The quantitative estimate of drug-likeness (QED) is 0.365. The molecular formula is C24H26N4O5S. The van der Waals surface area contributed by atoms with Crippen LogP contribution in [0.25, 0.3) is 11.2 Å². The second-order valence-corrected chi connectivity index (χ2v) is 8.74. The number of aryl methyl sites for hydroxylation is 1. The van der Waals surface area contributed by atoms with Crippen molar-refractivity contribution in [2.75, 3.05) is 13.7 Å². The topological polar surface area (TPSA) is 101 Å². The summed E-state index contributed by atoms with van der Waals surface area (Å²) in [7, 11) is 4.60. The molecule has 4 rings (SSSR count). The molecule has 1 atom stereocenters. The van der Waals surface area contributed by atoms with Gasteiger partial charge in [0.05, 0.1) is 13.7 Å². The normalized spacial score (nSPS) is 12.1. The zero-order valence-electron chi connectivity index (χ0n) is 19.2. The summed E-state index contributed by atoms with van der Waals surface area (Å²) in [5.41, 5.74) is 0.734. The van der Waals surface area contributed by atoms with E-state index in [1.165, 1.54) is 23.4 Å². The summed E-state index contributed by atoms with van der Waals surface area (Å²) in [6, 6.07) is 16.9. The van der Waals surface area contributed by atoms with E-state index in [1.807, 2.05) is 30.3 Å². The first-order chi connectivity index (χ1) is 16.4. The van der Waals surface area contributed by atoms with E-state index in [1.54, 1.807) is 43.0 Å². The highest BCUT2D eigenvalue weighted by Gasteiger charge is 2.21. The van der Waals surface area contributed by atoms with Crippen LogP contribution in [0.1, 0.15) is 5.56 Å². The Kier molecular flexibility index (Phi) is 7.09. The van der Waals surface area contributed by atoms with Gasteiger partial charge in [0.2, 0.25) is 0 Å². The van der Waals surface area contributed by atoms with Crippen LogP contribution in [-0.2, 0) is 26.4 Å². The summed E-state index contributed by atoms with van der Waals surface area (Å²) >= 11 is 1.44. The summed E-state index contributed by atoms with van der Waals surface area (Å²) in [6.07, 6.45) is -0.919. The van der Waals surface area contributed by atoms with Crippen LogP contribution in [0.15, 0.2) is 69.3 Å². The predicted octanol–water partition coefficient (Wildman–Crippen LogP) is 2.17. The molecule has 10 heteroatoms. The SMILES string of the molecule is COc1ccc(OC[C@H](O)Cn2c(SCc3ccccc3)nc3c2c(=O)n(C)c(=O)n3C)cc1. The van der Waals surface area contributed by atoms with Gasteiger partial charge in [0.15, 0.2) is 16.3 Å². The molecule has 178 valence electrons. The molecule has 0 spiro atoms. The maximum absolute atomic E-state index is 13.0. The van der Waals surface area contributed by atoms with Crippen LogP contribution in [0, 0.1) is 0 Å². The Balaban J connectivity index is 1.62. The number of hydrogen-bond donors (Lipinski definition) is 1. The van der Waals surface area contributed by atoms with Gasteiger partial charge in [0, 0.05) is 19.8 Å². The van der Waals surface area contributed by atoms with Gasteiger partial charge in [0.25, 0.3) is 5.56 Å². The van der Waals surface area contributed by atoms with Crippen molar-refractivity contribution in [3.05, 3.63) is 81.0 Å². The van der Waals surface area contributed by atoms with Crippen LogP contribution < -0.4 is 20.7 Å². The molecule has 0 aliphatic rings. The number of aliphatic hydroxyl groups is 1. The molecule has 0 fully saturated rings. The first kappa shape index (κ1) is 23.7. The number of imidazole rings is 1. The van der Waals surface area contributed by atoms with E-state index in [4.69, 9.17) is 9.47 Å². The smallest absolute Gasteiger partial charge is 0.332 e. The summed E-state index contributed by atoms with van der Waals surface area (Å²) in [5.74, 6) is 1.92. The van der Waals surface area contributed by atoms with Gasteiger partial charge in [-0.3, -0.25) is 13.9 Å². The highest BCUT2D eigenvalue weighted by Crippen LogP contribution is 2.25. The Morgan fingerprint density at radius 3 is 2.35 bits per heavy atom. The predicted molar refractivity (Wildman–Crippen MR) is 131 cm³/mol. The molecule has 2 aromatic heterocycles. The van der Waals surface area contributed by atoms with Crippen molar-refractivity contribution in [2.45, 2.75) is 23.6 Å². The number of aromatic nitrogens is 4. The van der Waals surface area contributed by atoms with Gasteiger partial charge in [-0.25, -0.2) is 9.78 Å². The van der Waals surface area contributed by atoms with E-state index in [0.717, 1.165) is 10.1 Å². The summed E-state index contributed by atoms with van der Waals surface area (Å²) in [4.78, 5) is 30.0. The Hall–Kier alpha value is -3.50. The number of rotatable bonds is 9. The maximum Gasteiger partial charge on any atom is 0.332 e. The lowest BCUT2D eigenvalue weighted by molar-refractivity contribution is 0.0913. The maximum atomic E-state index is 13.0. The third-order valence-electron chi connectivity index (χ3n) is 5.42. The number of methoxy groups -OCH3 is 1. The average molecular weight is 483 g/mol. The van der Waals surface area contributed by atoms with Crippen LogP contribution in [0.5, 0.6) is 11.5 Å². The minimum absolute atomic E-state index is 0.0148. The Labute approximate surface area is 200 Å². The molecule has 1 N–H and O–H groups in total. The first-order valence-corrected chi connectivity index (χ1v) is 11.7. The van der Waals surface area contributed by atoms with E-state index < -0.39 is 17.4 Å². The molecule has 4 aromatic rings. The van der Waals surface area contributed by atoms with Gasteiger partial charge in [-0.05, 0) is 29.8 Å². The second kappa shape index (κ2) is 10.2. The van der Waals surface area contributed by atoms with Crippen molar-refractivity contribution >= 4 is 22.9 Å². The van der Waals surface area contributed by atoms with Gasteiger partial charge in [-0.2, -0.15) is 0 Å². The first-order valence-electron chi connectivity index (χ1n) is 10.7. The van der Waals surface area contributed by atoms with Crippen LogP contribution in [-0.4, -0.2) is 43.6 Å². The molecule has 0 radical (unpaired) electrons. The Bertz CT molecular complexity index is 1390. The average Bonchev–Trinajstić information content (AvgIpc) is 3.22. The third-order valence-corrected chi connectivity index (χ3v) is 6.47. The zero-order valence-corrected chi connectivity index (χ0v) is 20.0. The minimum Gasteiger partial charge on any atom is -0.497 e. The number of hydrogen-bond acceptors (Lipinski definition) is 7. The molecule has 0 bridgehead atoms. The fraction of sp³-hybridized carbons (Fsp3) is 0.292. The molecule has 0 unspecified atom stereocenters. The number of fused-ring (bicyclic) bond motifs is 1. The molecule has 2 aromatic carbocycles. The molecular weight excluding hydrogens is 456 g/mol. The van der Waals surface area contributed by atoms with Crippen molar-refractivity contribution in [3.63, 3.8) is 0 Å². The number of nitrogens with zero attached hydrogens (tertiary/aromatic N) is 4. The minimum atomic E-state index is -0.919. The van der Waals surface area contributed by atoms with Crippen LogP contribution in [0.3, 0.4) is 0 Å². The summed E-state index contributed by atoms with van der Waals surface area (Å²) < 4.78 is 14.9. The van der Waals surface area contributed by atoms with E-state index in [0.29, 0.717) is 22.4 Å². The zero-order chi connectivity index (χ0) is 24.2. The standard InChI is InChI=1S/C24H26N4O5S/c1-26-21-20(22(30)27(2)24(26)31)28(23(25-21)34-15-16-7-5-4-6-8-16)13-17(29)14-33-19-11-9-18(32-3)10-12-19/h4-12,17,29H,13-15H2,1-3H3/t17-/m1/s1. The van der Waals surface area contributed by atoms with Gasteiger partial charge >= 0.3 is 5.69 Å². The highest BCUT2D eigenvalue weighted by molar-refractivity contribution is 7.98. The fourth-order valence-electron chi connectivity index (χ4n) is 3.56. The second-order valence-electron chi connectivity index (χ2n) is 7.80. The lowest BCUT2D eigenvalue weighted by atomic mass is 10.2.